The number of nitrogens with one attached hydrogen (secondary N) is 1. The molecule has 0 atom stereocenters. The maximum absolute atomic E-state index is 5.69. The lowest BCUT2D eigenvalue weighted by Gasteiger charge is -2.08. The molecule has 2 aromatic rings. The van der Waals surface area contributed by atoms with Gasteiger partial charge >= 0.3 is 0 Å². The monoisotopic (exact) mass is 259 g/mol. The smallest absolute Gasteiger partial charge is 0.127 e. The van der Waals surface area contributed by atoms with Gasteiger partial charge in [0.1, 0.15) is 11.5 Å². The van der Waals surface area contributed by atoms with Gasteiger partial charge in [-0.1, -0.05) is 36.4 Å². The van der Waals surface area contributed by atoms with Gasteiger partial charge in [0, 0.05) is 10.7 Å². The molecular formula is C15H14ClNO. The van der Waals surface area contributed by atoms with E-state index in [2.05, 4.69) is 11.9 Å². The zero-order valence-corrected chi connectivity index (χ0v) is 10.7. The first-order valence-corrected chi connectivity index (χ1v) is 6.02. The van der Waals surface area contributed by atoms with Crippen LogP contribution in [0.3, 0.4) is 0 Å². The van der Waals surface area contributed by atoms with Crippen LogP contribution in [-0.2, 0) is 0 Å². The molecular weight excluding hydrogens is 246 g/mol. The van der Waals surface area contributed by atoms with Crippen LogP contribution in [0, 0.1) is 0 Å². The minimum absolute atomic E-state index is 0.556. The van der Waals surface area contributed by atoms with Crippen molar-refractivity contribution in [1.29, 1.82) is 0 Å². The summed E-state index contributed by atoms with van der Waals surface area (Å²) >= 11 is 5.68. The molecule has 0 spiro atoms. The average Bonchev–Trinajstić information content (AvgIpc) is 2.39. The first-order chi connectivity index (χ1) is 8.74. The van der Waals surface area contributed by atoms with Crippen LogP contribution in [0.15, 0.2) is 66.2 Å². The van der Waals surface area contributed by atoms with E-state index in [9.17, 15) is 0 Å². The van der Waals surface area contributed by atoms with Crippen LogP contribution >= 0.6 is 11.6 Å². The van der Waals surface area contributed by atoms with Gasteiger partial charge in [-0.3, -0.25) is 0 Å². The molecule has 2 aromatic carbocycles. The minimum Gasteiger partial charge on any atom is -0.457 e. The molecule has 2 rings (SSSR count). The molecule has 1 N–H and O–H groups in total. The highest BCUT2D eigenvalue weighted by Crippen LogP contribution is 2.22. The van der Waals surface area contributed by atoms with Gasteiger partial charge in [-0.2, -0.15) is 0 Å². The Morgan fingerprint density at radius 3 is 2.22 bits per heavy atom. The fourth-order valence-electron chi connectivity index (χ4n) is 1.46. The number of hydrogen-bond donors (Lipinski definition) is 1. The molecule has 0 radical (unpaired) electrons. The number of hydrogen-bond acceptors (Lipinski definition) is 2. The Morgan fingerprint density at radius 2 is 1.61 bits per heavy atom. The number of ether oxygens (including phenoxy) is 1. The summed E-state index contributed by atoms with van der Waals surface area (Å²) in [5.74, 6) is 1.63. The fourth-order valence-corrected chi connectivity index (χ4v) is 1.53. The van der Waals surface area contributed by atoms with E-state index in [0.29, 0.717) is 11.6 Å². The largest absolute Gasteiger partial charge is 0.457 e. The van der Waals surface area contributed by atoms with Crippen LogP contribution in [-0.4, -0.2) is 6.54 Å². The number of para-hydroxylation sites is 1. The van der Waals surface area contributed by atoms with Crippen molar-refractivity contribution in [3.8, 4) is 11.5 Å². The highest BCUT2D eigenvalue weighted by Gasteiger charge is 1.97. The summed E-state index contributed by atoms with van der Waals surface area (Å²) in [4.78, 5) is 0. The lowest BCUT2D eigenvalue weighted by Crippen LogP contribution is -2.00. The summed E-state index contributed by atoms with van der Waals surface area (Å²) in [5.41, 5.74) is 0.984. The van der Waals surface area contributed by atoms with E-state index in [-0.39, 0.29) is 0 Å². The molecule has 0 amide bonds. The molecule has 0 aliphatic rings. The predicted molar refractivity (Wildman–Crippen MR) is 76.4 cm³/mol. The van der Waals surface area contributed by atoms with E-state index in [1.165, 1.54) is 0 Å². The van der Waals surface area contributed by atoms with E-state index >= 15 is 0 Å². The van der Waals surface area contributed by atoms with Crippen LogP contribution < -0.4 is 10.1 Å². The maximum atomic E-state index is 5.69. The summed E-state index contributed by atoms with van der Waals surface area (Å²) in [6.45, 7) is 4.18. The SMILES string of the molecule is C=C(Cl)CNc1ccc(Oc2ccccc2)cc1. The van der Waals surface area contributed by atoms with E-state index < -0.39 is 0 Å². The topological polar surface area (TPSA) is 21.3 Å². The fraction of sp³-hybridized carbons (Fsp3) is 0.0667. The predicted octanol–water partition coefficient (Wildman–Crippen LogP) is 4.64. The summed E-state index contributed by atoms with van der Waals surface area (Å²) in [5, 5.41) is 3.73. The van der Waals surface area contributed by atoms with Gasteiger partial charge in [-0.15, -0.1) is 0 Å². The van der Waals surface area contributed by atoms with Crippen LogP contribution in [0.5, 0.6) is 11.5 Å². The standard InChI is InChI=1S/C15H14ClNO/c1-12(16)11-17-13-7-9-15(10-8-13)18-14-5-3-2-4-6-14/h2-10,17H,1,11H2. The molecule has 3 heteroatoms. The van der Waals surface area contributed by atoms with Gasteiger partial charge in [-0.25, -0.2) is 0 Å². The van der Waals surface area contributed by atoms with Gasteiger partial charge in [0.05, 0.1) is 6.54 Å². The first-order valence-electron chi connectivity index (χ1n) is 5.64. The quantitative estimate of drug-likeness (QED) is 0.844. The first kappa shape index (κ1) is 12.5. The zero-order chi connectivity index (χ0) is 12.8. The Labute approximate surface area is 112 Å². The zero-order valence-electron chi connectivity index (χ0n) is 9.90. The lowest BCUT2D eigenvalue weighted by atomic mass is 10.3. The number of anilines is 1. The molecule has 0 heterocycles. The second-order valence-electron chi connectivity index (χ2n) is 3.81. The van der Waals surface area contributed by atoms with Crippen molar-refractivity contribution in [2.75, 3.05) is 11.9 Å². The highest BCUT2D eigenvalue weighted by molar-refractivity contribution is 6.29. The van der Waals surface area contributed by atoms with Crippen molar-refractivity contribution in [2.45, 2.75) is 0 Å². The Hall–Kier alpha value is -1.93. The normalized spacial score (nSPS) is 9.83. The Bertz CT molecular complexity index is 508. The third-order valence-electron chi connectivity index (χ3n) is 2.32. The second kappa shape index (κ2) is 6.12. The molecule has 2 nitrogen and oxygen atoms in total. The van der Waals surface area contributed by atoms with Crippen molar-refractivity contribution in [1.82, 2.24) is 0 Å². The van der Waals surface area contributed by atoms with Crippen LogP contribution in [0.4, 0.5) is 5.69 Å². The van der Waals surface area contributed by atoms with Crippen LogP contribution in [0.25, 0.3) is 0 Å². The van der Waals surface area contributed by atoms with E-state index in [1.54, 1.807) is 0 Å². The van der Waals surface area contributed by atoms with Crippen molar-refractivity contribution < 1.29 is 4.74 Å². The Kier molecular flexibility index (Phi) is 4.26. The molecule has 18 heavy (non-hydrogen) atoms. The van der Waals surface area contributed by atoms with Gasteiger partial charge in [0.2, 0.25) is 0 Å². The summed E-state index contributed by atoms with van der Waals surface area (Å²) in [7, 11) is 0. The average molecular weight is 260 g/mol. The van der Waals surface area contributed by atoms with Crippen molar-refractivity contribution in [3.63, 3.8) is 0 Å². The molecule has 0 aliphatic heterocycles. The Balaban J connectivity index is 1.97. The lowest BCUT2D eigenvalue weighted by molar-refractivity contribution is 0.483. The van der Waals surface area contributed by atoms with E-state index in [0.717, 1.165) is 17.2 Å². The van der Waals surface area contributed by atoms with Crippen LogP contribution in [0.1, 0.15) is 0 Å². The van der Waals surface area contributed by atoms with Gasteiger partial charge in [-0.05, 0) is 36.4 Å². The summed E-state index contributed by atoms with van der Waals surface area (Å²) in [6, 6.07) is 17.4. The molecule has 0 aliphatic carbocycles. The van der Waals surface area contributed by atoms with Crippen molar-refractivity contribution in [2.24, 2.45) is 0 Å². The minimum atomic E-state index is 0.556. The number of halogens is 1. The maximum Gasteiger partial charge on any atom is 0.127 e. The van der Waals surface area contributed by atoms with Gasteiger partial charge < -0.3 is 10.1 Å². The molecule has 92 valence electrons. The van der Waals surface area contributed by atoms with Crippen molar-refractivity contribution >= 4 is 17.3 Å². The van der Waals surface area contributed by atoms with Crippen LogP contribution in [0.2, 0.25) is 0 Å². The highest BCUT2D eigenvalue weighted by atomic mass is 35.5. The van der Waals surface area contributed by atoms with E-state index in [1.807, 2.05) is 54.6 Å². The van der Waals surface area contributed by atoms with Gasteiger partial charge in [0.25, 0.3) is 0 Å². The van der Waals surface area contributed by atoms with Crippen molar-refractivity contribution in [3.05, 3.63) is 66.2 Å². The van der Waals surface area contributed by atoms with Gasteiger partial charge in [0.15, 0.2) is 0 Å². The number of rotatable bonds is 5. The molecule has 0 unspecified atom stereocenters. The molecule has 0 aromatic heterocycles. The third kappa shape index (κ3) is 3.82. The molecule has 0 bridgehead atoms. The second-order valence-corrected chi connectivity index (χ2v) is 4.34. The summed E-state index contributed by atoms with van der Waals surface area (Å²) in [6.07, 6.45) is 0. The molecule has 0 fully saturated rings. The molecule has 0 saturated carbocycles. The summed E-state index contributed by atoms with van der Waals surface area (Å²) < 4.78 is 5.69. The molecule has 0 saturated heterocycles. The van der Waals surface area contributed by atoms with E-state index in [4.69, 9.17) is 16.3 Å². The number of benzene rings is 2. The Morgan fingerprint density at radius 1 is 1.00 bits per heavy atom. The third-order valence-corrected chi connectivity index (χ3v) is 2.45.